The summed E-state index contributed by atoms with van der Waals surface area (Å²) in [5, 5.41) is 9.83. The van der Waals surface area contributed by atoms with E-state index < -0.39 is 0 Å². The number of rotatable bonds is 3. The Morgan fingerprint density at radius 3 is 2.52 bits per heavy atom. The number of hydrogen-bond acceptors (Lipinski definition) is 6. The Bertz CT molecular complexity index is 494. The van der Waals surface area contributed by atoms with Crippen LogP contribution >= 0.6 is 11.6 Å². The molecule has 0 spiro atoms. The minimum absolute atomic E-state index is 0.0673. The van der Waals surface area contributed by atoms with Crippen LogP contribution in [0.2, 0.25) is 5.28 Å². The Labute approximate surface area is 130 Å². The van der Waals surface area contributed by atoms with Crippen molar-refractivity contribution in [2.24, 2.45) is 5.92 Å². The lowest BCUT2D eigenvalue weighted by Crippen LogP contribution is -2.37. The minimum atomic E-state index is 0.0673. The molecule has 1 aromatic rings. The van der Waals surface area contributed by atoms with Crippen LogP contribution in [0.15, 0.2) is 0 Å². The average Bonchev–Trinajstić information content (AvgIpc) is 2.88. The van der Waals surface area contributed by atoms with Gasteiger partial charge in [0.05, 0.1) is 12.6 Å². The van der Waals surface area contributed by atoms with Gasteiger partial charge in [-0.05, 0) is 43.2 Å². The Morgan fingerprint density at radius 2 is 1.81 bits per heavy atom. The van der Waals surface area contributed by atoms with Crippen LogP contribution in [-0.2, 0) is 0 Å². The molecule has 3 rings (SSSR count). The van der Waals surface area contributed by atoms with Crippen molar-refractivity contribution >= 4 is 23.5 Å². The number of piperidine rings is 1. The van der Waals surface area contributed by atoms with E-state index in [9.17, 15) is 5.11 Å². The Kier molecular flexibility index (Phi) is 4.45. The molecular formula is C14H22ClN5O. The van der Waals surface area contributed by atoms with Crippen molar-refractivity contribution < 1.29 is 5.11 Å². The van der Waals surface area contributed by atoms with Gasteiger partial charge in [0, 0.05) is 19.6 Å². The fourth-order valence-electron chi connectivity index (χ4n) is 3.23. The van der Waals surface area contributed by atoms with Crippen molar-refractivity contribution in [3.05, 3.63) is 5.28 Å². The molecule has 116 valence electrons. The van der Waals surface area contributed by atoms with E-state index in [0.29, 0.717) is 17.8 Å². The minimum Gasteiger partial charge on any atom is -0.394 e. The molecule has 2 aliphatic heterocycles. The van der Waals surface area contributed by atoms with Crippen LogP contribution in [0.1, 0.15) is 32.6 Å². The number of nitrogens with zero attached hydrogens (tertiary/aromatic N) is 5. The van der Waals surface area contributed by atoms with Crippen molar-refractivity contribution in [1.82, 2.24) is 15.0 Å². The molecule has 2 saturated heterocycles. The molecular weight excluding hydrogens is 290 g/mol. The topological polar surface area (TPSA) is 65.4 Å². The van der Waals surface area contributed by atoms with Gasteiger partial charge in [-0.3, -0.25) is 0 Å². The highest BCUT2D eigenvalue weighted by Gasteiger charge is 2.33. The fraction of sp³-hybridized carbons (Fsp3) is 0.786. The lowest BCUT2D eigenvalue weighted by atomic mass is 10.0. The molecule has 0 aromatic carbocycles. The van der Waals surface area contributed by atoms with Gasteiger partial charge in [0.25, 0.3) is 0 Å². The summed E-state index contributed by atoms with van der Waals surface area (Å²) in [6.07, 6.45) is 4.63. The van der Waals surface area contributed by atoms with E-state index in [1.54, 1.807) is 0 Å². The molecule has 0 amide bonds. The molecule has 2 atom stereocenters. The summed E-state index contributed by atoms with van der Waals surface area (Å²) in [6, 6.07) is 0.0673. The van der Waals surface area contributed by atoms with Crippen molar-refractivity contribution in [2.45, 2.75) is 38.6 Å². The first-order chi connectivity index (χ1) is 10.2. The molecule has 0 bridgehead atoms. The summed E-state index contributed by atoms with van der Waals surface area (Å²) >= 11 is 6.10. The van der Waals surface area contributed by atoms with Gasteiger partial charge in [0.2, 0.25) is 17.2 Å². The number of anilines is 2. The first-order valence-corrected chi connectivity index (χ1v) is 8.11. The Hall–Kier alpha value is -1.14. The highest BCUT2D eigenvalue weighted by molar-refractivity contribution is 6.28. The molecule has 0 saturated carbocycles. The van der Waals surface area contributed by atoms with E-state index in [-0.39, 0.29) is 17.9 Å². The number of aliphatic hydroxyl groups excluding tert-OH is 1. The summed E-state index contributed by atoms with van der Waals surface area (Å²) in [7, 11) is 0. The largest absolute Gasteiger partial charge is 0.394 e. The Morgan fingerprint density at radius 1 is 1.10 bits per heavy atom. The summed E-state index contributed by atoms with van der Waals surface area (Å²) in [4.78, 5) is 17.4. The molecule has 2 aliphatic rings. The van der Waals surface area contributed by atoms with Gasteiger partial charge in [-0.25, -0.2) is 0 Å². The van der Waals surface area contributed by atoms with Gasteiger partial charge >= 0.3 is 0 Å². The monoisotopic (exact) mass is 311 g/mol. The zero-order valence-corrected chi connectivity index (χ0v) is 13.1. The second kappa shape index (κ2) is 6.32. The van der Waals surface area contributed by atoms with E-state index in [1.165, 1.54) is 19.3 Å². The van der Waals surface area contributed by atoms with Gasteiger partial charge in [-0.2, -0.15) is 15.0 Å². The van der Waals surface area contributed by atoms with E-state index in [4.69, 9.17) is 11.6 Å². The van der Waals surface area contributed by atoms with Crippen LogP contribution < -0.4 is 9.80 Å². The summed E-state index contributed by atoms with van der Waals surface area (Å²) in [6.45, 7) is 5.06. The number of aliphatic hydroxyl groups is 1. The van der Waals surface area contributed by atoms with Crippen molar-refractivity contribution in [3.63, 3.8) is 0 Å². The van der Waals surface area contributed by atoms with Gasteiger partial charge < -0.3 is 14.9 Å². The summed E-state index contributed by atoms with van der Waals surface area (Å²) in [5.41, 5.74) is 0. The number of halogens is 1. The molecule has 2 fully saturated rings. The van der Waals surface area contributed by atoms with E-state index >= 15 is 0 Å². The van der Waals surface area contributed by atoms with Crippen LogP contribution in [0.5, 0.6) is 0 Å². The van der Waals surface area contributed by atoms with Gasteiger partial charge in [-0.15, -0.1) is 0 Å². The zero-order chi connectivity index (χ0) is 14.8. The maximum Gasteiger partial charge on any atom is 0.231 e. The van der Waals surface area contributed by atoms with Crippen LogP contribution in [-0.4, -0.2) is 52.3 Å². The highest BCUT2D eigenvalue weighted by Crippen LogP contribution is 2.29. The van der Waals surface area contributed by atoms with Crippen molar-refractivity contribution in [1.29, 1.82) is 0 Å². The first-order valence-electron chi connectivity index (χ1n) is 7.73. The third kappa shape index (κ3) is 3.06. The highest BCUT2D eigenvalue weighted by atomic mass is 35.5. The molecule has 0 radical (unpaired) electrons. The molecule has 7 heteroatoms. The third-order valence-corrected chi connectivity index (χ3v) is 4.72. The standard InChI is InChI=1S/C14H22ClN5O/c1-10-5-8-20(11(10)9-21)14-17-12(15)16-13(18-14)19-6-3-2-4-7-19/h10-11,21H,2-9H2,1H3. The maximum absolute atomic E-state index is 9.60. The number of aromatic nitrogens is 3. The SMILES string of the molecule is CC1CCN(c2nc(Cl)nc(N3CCCCC3)n2)C1CO. The van der Waals surface area contributed by atoms with E-state index in [0.717, 1.165) is 26.1 Å². The molecule has 0 aliphatic carbocycles. The quantitative estimate of drug-likeness (QED) is 0.917. The van der Waals surface area contributed by atoms with Crippen molar-refractivity contribution in [3.8, 4) is 0 Å². The summed E-state index contributed by atoms with van der Waals surface area (Å²) in [5.74, 6) is 1.70. The molecule has 2 unspecified atom stereocenters. The molecule has 1 N–H and O–H groups in total. The van der Waals surface area contributed by atoms with E-state index in [2.05, 4.69) is 31.7 Å². The first kappa shape index (κ1) is 14.8. The second-order valence-corrected chi connectivity index (χ2v) is 6.30. The van der Waals surface area contributed by atoms with Crippen LogP contribution in [0, 0.1) is 5.92 Å². The fourth-order valence-corrected chi connectivity index (χ4v) is 3.38. The maximum atomic E-state index is 9.60. The number of hydrogen-bond donors (Lipinski definition) is 1. The lowest BCUT2D eigenvalue weighted by molar-refractivity contribution is 0.244. The Balaban J connectivity index is 1.87. The zero-order valence-electron chi connectivity index (χ0n) is 12.4. The van der Waals surface area contributed by atoms with Crippen LogP contribution in [0.25, 0.3) is 0 Å². The van der Waals surface area contributed by atoms with E-state index in [1.807, 2.05) is 0 Å². The van der Waals surface area contributed by atoms with Crippen LogP contribution in [0.4, 0.5) is 11.9 Å². The van der Waals surface area contributed by atoms with Crippen LogP contribution in [0.3, 0.4) is 0 Å². The average molecular weight is 312 g/mol. The van der Waals surface area contributed by atoms with Gasteiger partial charge in [0.15, 0.2) is 0 Å². The molecule has 6 nitrogen and oxygen atoms in total. The van der Waals surface area contributed by atoms with Gasteiger partial charge in [0.1, 0.15) is 0 Å². The second-order valence-electron chi connectivity index (χ2n) is 5.96. The smallest absolute Gasteiger partial charge is 0.231 e. The lowest BCUT2D eigenvalue weighted by Gasteiger charge is -2.29. The summed E-state index contributed by atoms with van der Waals surface area (Å²) < 4.78 is 0. The molecule has 21 heavy (non-hydrogen) atoms. The van der Waals surface area contributed by atoms with Gasteiger partial charge in [-0.1, -0.05) is 6.92 Å². The normalized spacial score (nSPS) is 26.4. The molecule has 3 heterocycles. The predicted molar refractivity (Wildman–Crippen MR) is 82.9 cm³/mol. The molecule has 1 aromatic heterocycles. The predicted octanol–water partition coefficient (Wildman–Crippen LogP) is 1.72. The third-order valence-electron chi connectivity index (χ3n) is 4.55. The van der Waals surface area contributed by atoms with Crippen molar-refractivity contribution in [2.75, 3.05) is 36.0 Å².